The third-order valence-corrected chi connectivity index (χ3v) is 3.38. The lowest BCUT2D eigenvalue weighted by Gasteiger charge is -2.21. The van der Waals surface area contributed by atoms with Gasteiger partial charge in [-0.2, -0.15) is 0 Å². The Morgan fingerprint density at radius 3 is 2.67 bits per heavy atom. The molecule has 1 fully saturated rings. The van der Waals surface area contributed by atoms with Crippen LogP contribution in [-0.2, 0) is 4.74 Å². The summed E-state index contributed by atoms with van der Waals surface area (Å²) in [5.74, 6) is 0.815. The summed E-state index contributed by atoms with van der Waals surface area (Å²) in [7, 11) is 0. The lowest BCUT2D eigenvalue weighted by molar-refractivity contribution is 0.0717. The second-order valence-corrected chi connectivity index (χ2v) is 4.78. The van der Waals surface area contributed by atoms with Gasteiger partial charge in [-0.1, -0.05) is 26.2 Å². The average Bonchev–Trinajstić information content (AvgIpc) is 2.29. The molecule has 0 aromatic carbocycles. The maximum atomic E-state index is 9.35. The summed E-state index contributed by atoms with van der Waals surface area (Å²) in [6, 6.07) is 0. The summed E-state index contributed by atoms with van der Waals surface area (Å²) < 4.78 is 5.66. The van der Waals surface area contributed by atoms with Gasteiger partial charge in [0.1, 0.15) is 0 Å². The normalized spacial score (nSPS) is 20.4. The molecule has 1 atom stereocenters. The highest BCUT2D eigenvalue weighted by Crippen LogP contribution is 2.23. The molecule has 0 amide bonds. The molecule has 0 aromatic rings. The van der Waals surface area contributed by atoms with Crippen molar-refractivity contribution in [1.82, 2.24) is 0 Å². The number of ether oxygens (including phenoxy) is 1. The van der Waals surface area contributed by atoms with Crippen molar-refractivity contribution in [1.29, 1.82) is 0 Å². The minimum atomic E-state index is -0.122. The van der Waals surface area contributed by atoms with E-state index in [-0.39, 0.29) is 6.10 Å². The molecule has 1 aliphatic rings. The molecule has 1 unspecified atom stereocenters. The maximum absolute atomic E-state index is 9.35. The van der Waals surface area contributed by atoms with Crippen molar-refractivity contribution in [3.05, 3.63) is 0 Å². The highest BCUT2D eigenvalue weighted by atomic mass is 16.5. The Kier molecular flexibility index (Phi) is 7.03. The molecule has 0 spiro atoms. The fourth-order valence-electron chi connectivity index (χ4n) is 2.23. The first kappa shape index (κ1) is 13.0. The summed E-state index contributed by atoms with van der Waals surface area (Å²) in [5.41, 5.74) is 0. The fourth-order valence-corrected chi connectivity index (χ4v) is 2.23. The van der Waals surface area contributed by atoms with E-state index >= 15 is 0 Å². The van der Waals surface area contributed by atoms with Crippen LogP contribution in [-0.4, -0.2) is 24.4 Å². The Labute approximate surface area is 94.0 Å². The molecule has 0 heterocycles. The molecule has 2 nitrogen and oxygen atoms in total. The smallest absolute Gasteiger partial charge is 0.0538 e. The molecule has 1 rings (SSSR count). The van der Waals surface area contributed by atoms with Crippen LogP contribution in [0.15, 0.2) is 0 Å². The number of aliphatic hydroxyl groups is 1. The number of rotatable bonds is 7. The number of hydrogen-bond acceptors (Lipinski definition) is 2. The molecule has 0 bridgehead atoms. The summed E-state index contributed by atoms with van der Waals surface area (Å²) in [5, 5.41) is 9.35. The number of aliphatic hydroxyl groups excluding tert-OH is 1. The van der Waals surface area contributed by atoms with Gasteiger partial charge in [0.2, 0.25) is 0 Å². The molecule has 15 heavy (non-hydrogen) atoms. The first-order valence-electron chi connectivity index (χ1n) is 6.58. The molecule has 0 aliphatic heterocycles. The van der Waals surface area contributed by atoms with Crippen molar-refractivity contribution in [2.45, 2.75) is 64.4 Å². The van der Waals surface area contributed by atoms with Crippen molar-refractivity contribution >= 4 is 0 Å². The highest BCUT2D eigenvalue weighted by Gasteiger charge is 2.12. The standard InChI is InChI=1S/C13H26O2/c1-2-13(14)9-6-10-15-11-12-7-4-3-5-8-12/h12-14H,2-11H2,1H3. The van der Waals surface area contributed by atoms with Gasteiger partial charge in [0.15, 0.2) is 0 Å². The van der Waals surface area contributed by atoms with Crippen LogP contribution in [0.3, 0.4) is 0 Å². The molecule has 1 saturated carbocycles. The van der Waals surface area contributed by atoms with E-state index < -0.39 is 0 Å². The minimum Gasteiger partial charge on any atom is -0.393 e. The van der Waals surface area contributed by atoms with Gasteiger partial charge >= 0.3 is 0 Å². The van der Waals surface area contributed by atoms with E-state index in [1.54, 1.807) is 0 Å². The molecular weight excluding hydrogens is 188 g/mol. The minimum absolute atomic E-state index is 0.122. The van der Waals surface area contributed by atoms with Crippen LogP contribution in [0.25, 0.3) is 0 Å². The van der Waals surface area contributed by atoms with Gasteiger partial charge in [0.05, 0.1) is 6.10 Å². The molecule has 0 saturated heterocycles. The summed E-state index contributed by atoms with van der Waals surface area (Å²) >= 11 is 0. The maximum Gasteiger partial charge on any atom is 0.0538 e. The molecule has 1 aliphatic carbocycles. The topological polar surface area (TPSA) is 29.5 Å². The van der Waals surface area contributed by atoms with E-state index in [9.17, 15) is 5.11 Å². The zero-order chi connectivity index (χ0) is 10.9. The van der Waals surface area contributed by atoms with Crippen LogP contribution < -0.4 is 0 Å². The Balaban J connectivity index is 1.87. The second kappa shape index (κ2) is 8.12. The van der Waals surface area contributed by atoms with E-state index in [2.05, 4.69) is 0 Å². The molecule has 0 radical (unpaired) electrons. The van der Waals surface area contributed by atoms with Crippen LogP contribution in [0.5, 0.6) is 0 Å². The quantitative estimate of drug-likeness (QED) is 0.660. The summed E-state index contributed by atoms with van der Waals surface area (Å²) in [6.07, 6.45) is 9.55. The predicted molar refractivity (Wildman–Crippen MR) is 62.9 cm³/mol. The van der Waals surface area contributed by atoms with E-state index in [0.717, 1.165) is 38.4 Å². The van der Waals surface area contributed by atoms with Gasteiger partial charge in [0.25, 0.3) is 0 Å². The van der Waals surface area contributed by atoms with Gasteiger partial charge in [-0.15, -0.1) is 0 Å². The number of hydrogen-bond donors (Lipinski definition) is 1. The van der Waals surface area contributed by atoms with Crippen LogP contribution in [0.2, 0.25) is 0 Å². The largest absolute Gasteiger partial charge is 0.393 e. The lowest BCUT2D eigenvalue weighted by Crippen LogP contribution is -2.14. The van der Waals surface area contributed by atoms with Crippen molar-refractivity contribution in [3.8, 4) is 0 Å². The van der Waals surface area contributed by atoms with Crippen LogP contribution >= 0.6 is 0 Å². The van der Waals surface area contributed by atoms with Gasteiger partial charge in [-0.05, 0) is 38.0 Å². The Morgan fingerprint density at radius 2 is 2.00 bits per heavy atom. The third-order valence-electron chi connectivity index (χ3n) is 3.38. The van der Waals surface area contributed by atoms with E-state index in [1.807, 2.05) is 6.92 Å². The van der Waals surface area contributed by atoms with Gasteiger partial charge in [0, 0.05) is 13.2 Å². The van der Waals surface area contributed by atoms with Crippen LogP contribution in [0, 0.1) is 5.92 Å². The van der Waals surface area contributed by atoms with E-state index in [0.29, 0.717) is 0 Å². The second-order valence-electron chi connectivity index (χ2n) is 4.78. The molecule has 2 heteroatoms. The van der Waals surface area contributed by atoms with Gasteiger partial charge in [-0.3, -0.25) is 0 Å². The van der Waals surface area contributed by atoms with Crippen molar-refractivity contribution in [3.63, 3.8) is 0 Å². The Morgan fingerprint density at radius 1 is 1.27 bits per heavy atom. The molecule has 1 N–H and O–H groups in total. The average molecular weight is 214 g/mol. The Bertz CT molecular complexity index is 141. The van der Waals surface area contributed by atoms with Gasteiger partial charge in [-0.25, -0.2) is 0 Å². The van der Waals surface area contributed by atoms with Crippen molar-refractivity contribution in [2.75, 3.05) is 13.2 Å². The predicted octanol–water partition coefficient (Wildman–Crippen LogP) is 3.13. The first-order chi connectivity index (χ1) is 7.33. The lowest BCUT2D eigenvalue weighted by atomic mass is 9.90. The van der Waals surface area contributed by atoms with Crippen LogP contribution in [0.1, 0.15) is 58.3 Å². The Hall–Kier alpha value is -0.0800. The molecule has 0 aromatic heterocycles. The third kappa shape index (κ3) is 6.16. The SMILES string of the molecule is CCC(O)CCCOCC1CCCCC1. The monoisotopic (exact) mass is 214 g/mol. The fraction of sp³-hybridized carbons (Fsp3) is 1.00. The highest BCUT2D eigenvalue weighted by molar-refractivity contribution is 4.64. The summed E-state index contributed by atoms with van der Waals surface area (Å²) in [4.78, 5) is 0. The van der Waals surface area contributed by atoms with Crippen LogP contribution in [0.4, 0.5) is 0 Å². The zero-order valence-electron chi connectivity index (χ0n) is 10.1. The van der Waals surface area contributed by atoms with Crippen molar-refractivity contribution < 1.29 is 9.84 Å². The van der Waals surface area contributed by atoms with E-state index in [4.69, 9.17) is 4.74 Å². The van der Waals surface area contributed by atoms with Crippen molar-refractivity contribution in [2.24, 2.45) is 5.92 Å². The molecule has 90 valence electrons. The zero-order valence-corrected chi connectivity index (χ0v) is 10.1. The summed E-state index contributed by atoms with van der Waals surface area (Å²) in [6.45, 7) is 3.79. The molecular formula is C13H26O2. The van der Waals surface area contributed by atoms with Gasteiger partial charge < -0.3 is 9.84 Å². The first-order valence-corrected chi connectivity index (χ1v) is 6.58. The van der Waals surface area contributed by atoms with E-state index in [1.165, 1.54) is 32.1 Å².